The number of nitrogens with one attached hydrogen (secondary N) is 1. The van der Waals surface area contributed by atoms with Crippen LogP contribution in [0.2, 0.25) is 5.02 Å². The van der Waals surface area contributed by atoms with Gasteiger partial charge in [0.1, 0.15) is 11.8 Å². The third-order valence-electron chi connectivity index (χ3n) is 5.11. The first-order valence-corrected chi connectivity index (χ1v) is 11.1. The number of amides is 2. The fourth-order valence-corrected chi connectivity index (χ4v) is 3.35. The van der Waals surface area contributed by atoms with E-state index in [2.05, 4.69) is 5.32 Å². The minimum Gasteiger partial charge on any atom is -0.484 e. The number of rotatable bonds is 10. The number of hydrogen-bond donors (Lipinski definition) is 1. The van der Waals surface area contributed by atoms with E-state index in [9.17, 15) is 9.59 Å². The highest BCUT2D eigenvalue weighted by atomic mass is 35.5. The van der Waals surface area contributed by atoms with Crippen molar-refractivity contribution in [2.45, 2.75) is 47.1 Å². The Morgan fingerprint density at radius 2 is 1.68 bits per heavy atom. The van der Waals surface area contributed by atoms with E-state index in [1.807, 2.05) is 70.2 Å². The summed E-state index contributed by atoms with van der Waals surface area (Å²) in [6.07, 6.45) is 0.660. The first-order chi connectivity index (χ1) is 14.7. The van der Waals surface area contributed by atoms with Gasteiger partial charge >= 0.3 is 0 Å². The van der Waals surface area contributed by atoms with Gasteiger partial charge in [-0.15, -0.1) is 0 Å². The lowest BCUT2D eigenvalue weighted by molar-refractivity contribution is -0.141. The Hall–Kier alpha value is -2.53. The topological polar surface area (TPSA) is 58.6 Å². The number of aryl methyl sites for hydroxylation is 2. The zero-order valence-electron chi connectivity index (χ0n) is 19.1. The van der Waals surface area contributed by atoms with E-state index in [1.165, 1.54) is 0 Å². The Balaban J connectivity index is 2.09. The largest absolute Gasteiger partial charge is 0.484 e. The molecule has 0 bridgehead atoms. The minimum atomic E-state index is -0.591. The molecular formula is C25H33ClN2O3. The van der Waals surface area contributed by atoms with Crippen LogP contribution < -0.4 is 10.1 Å². The van der Waals surface area contributed by atoms with Crippen LogP contribution in [0.4, 0.5) is 0 Å². The molecule has 0 aliphatic carbocycles. The molecule has 2 aromatic carbocycles. The SMILES string of the molecule is Cc1cc(OCC(=O)N(CCc2ccccc2)C(C)C(=O)NCC(C)C)cc(C)c1Cl. The van der Waals surface area contributed by atoms with Crippen LogP contribution in [0.1, 0.15) is 37.5 Å². The van der Waals surface area contributed by atoms with Crippen LogP contribution in [0, 0.1) is 19.8 Å². The molecule has 2 aromatic rings. The van der Waals surface area contributed by atoms with E-state index in [4.69, 9.17) is 16.3 Å². The fourth-order valence-electron chi connectivity index (χ4n) is 3.24. The number of halogens is 1. The summed E-state index contributed by atoms with van der Waals surface area (Å²) in [5.41, 5.74) is 2.90. The molecule has 0 spiro atoms. The third kappa shape index (κ3) is 7.59. The second-order valence-electron chi connectivity index (χ2n) is 8.30. The number of ether oxygens (including phenoxy) is 1. The van der Waals surface area contributed by atoms with Gasteiger partial charge in [0.2, 0.25) is 5.91 Å². The smallest absolute Gasteiger partial charge is 0.261 e. The third-order valence-corrected chi connectivity index (χ3v) is 5.70. The van der Waals surface area contributed by atoms with Crippen molar-refractivity contribution in [2.75, 3.05) is 19.7 Å². The van der Waals surface area contributed by atoms with Gasteiger partial charge in [0, 0.05) is 18.1 Å². The summed E-state index contributed by atoms with van der Waals surface area (Å²) in [7, 11) is 0. The lowest BCUT2D eigenvalue weighted by Crippen LogP contribution is -2.50. The molecule has 0 aromatic heterocycles. The molecule has 1 atom stereocenters. The first kappa shape index (κ1) is 24.7. The summed E-state index contributed by atoms with van der Waals surface area (Å²) in [5.74, 6) is 0.540. The lowest BCUT2D eigenvalue weighted by Gasteiger charge is -2.29. The van der Waals surface area contributed by atoms with Gasteiger partial charge in [-0.25, -0.2) is 0 Å². The monoisotopic (exact) mass is 444 g/mol. The van der Waals surface area contributed by atoms with E-state index in [0.29, 0.717) is 36.2 Å². The van der Waals surface area contributed by atoms with Gasteiger partial charge in [-0.2, -0.15) is 0 Å². The fraction of sp³-hybridized carbons (Fsp3) is 0.440. The van der Waals surface area contributed by atoms with Crippen molar-refractivity contribution in [3.05, 3.63) is 64.2 Å². The number of hydrogen-bond acceptors (Lipinski definition) is 3. The number of carbonyl (C=O) groups is 2. The summed E-state index contributed by atoms with van der Waals surface area (Å²) in [4.78, 5) is 27.3. The molecule has 31 heavy (non-hydrogen) atoms. The molecule has 2 amide bonds. The predicted molar refractivity (Wildman–Crippen MR) is 126 cm³/mol. The normalized spacial score (nSPS) is 11.8. The van der Waals surface area contributed by atoms with Crippen molar-refractivity contribution in [3.63, 3.8) is 0 Å². The zero-order chi connectivity index (χ0) is 23.0. The van der Waals surface area contributed by atoms with E-state index < -0.39 is 6.04 Å². The molecule has 0 saturated carbocycles. The van der Waals surface area contributed by atoms with Crippen LogP contribution in [0.5, 0.6) is 5.75 Å². The molecule has 1 N–H and O–H groups in total. The van der Waals surface area contributed by atoms with Gasteiger partial charge in [-0.3, -0.25) is 9.59 Å². The van der Waals surface area contributed by atoms with E-state index in [0.717, 1.165) is 16.7 Å². The molecule has 2 rings (SSSR count). The molecule has 6 heteroatoms. The number of carbonyl (C=O) groups excluding carboxylic acids is 2. The highest BCUT2D eigenvalue weighted by Crippen LogP contribution is 2.25. The molecule has 0 radical (unpaired) electrons. The summed E-state index contributed by atoms with van der Waals surface area (Å²) in [6, 6.07) is 13.0. The summed E-state index contributed by atoms with van der Waals surface area (Å²) < 4.78 is 5.76. The van der Waals surface area contributed by atoms with E-state index >= 15 is 0 Å². The van der Waals surface area contributed by atoms with Crippen molar-refractivity contribution in [2.24, 2.45) is 5.92 Å². The molecule has 0 aliphatic heterocycles. The van der Waals surface area contributed by atoms with Crippen LogP contribution >= 0.6 is 11.6 Å². The van der Waals surface area contributed by atoms with Crippen molar-refractivity contribution < 1.29 is 14.3 Å². The number of nitrogens with zero attached hydrogens (tertiary/aromatic N) is 1. The Bertz CT molecular complexity index is 861. The maximum absolute atomic E-state index is 13.1. The van der Waals surface area contributed by atoms with Gasteiger partial charge in [-0.05, 0) is 61.9 Å². The van der Waals surface area contributed by atoms with Crippen LogP contribution in [0.3, 0.4) is 0 Å². The van der Waals surface area contributed by atoms with Gasteiger partial charge in [-0.1, -0.05) is 55.8 Å². The minimum absolute atomic E-state index is 0.142. The molecule has 0 aliphatic rings. The molecule has 0 heterocycles. The zero-order valence-corrected chi connectivity index (χ0v) is 19.8. The quantitative estimate of drug-likeness (QED) is 0.584. The van der Waals surface area contributed by atoms with Crippen molar-refractivity contribution in [1.82, 2.24) is 10.2 Å². The van der Waals surface area contributed by atoms with Gasteiger partial charge in [0.15, 0.2) is 6.61 Å². The van der Waals surface area contributed by atoms with Gasteiger partial charge in [0.05, 0.1) is 0 Å². The van der Waals surface area contributed by atoms with Crippen LogP contribution in [-0.2, 0) is 16.0 Å². The second kappa shape index (κ2) is 11.8. The highest BCUT2D eigenvalue weighted by Gasteiger charge is 2.26. The molecule has 0 saturated heterocycles. The average molecular weight is 445 g/mol. The average Bonchev–Trinajstić information content (AvgIpc) is 2.74. The van der Waals surface area contributed by atoms with Crippen LogP contribution in [0.15, 0.2) is 42.5 Å². The number of benzene rings is 2. The maximum Gasteiger partial charge on any atom is 0.261 e. The van der Waals surface area contributed by atoms with Crippen molar-refractivity contribution >= 4 is 23.4 Å². The lowest BCUT2D eigenvalue weighted by atomic mass is 10.1. The molecule has 168 valence electrons. The molecule has 0 fully saturated rings. The predicted octanol–water partition coefficient (Wildman–Crippen LogP) is 4.57. The van der Waals surface area contributed by atoms with Gasteiger partial charge in [0.25, 0.3) is 5.91 Å². The Kier molecular flexibility index (Phi) is 9.38. The first-order valence-electron chi connectivity index (χ1n) is 10.7. The highest BCUT2D eigenvalue weighted by molar-refractivity contribution is 6.32. The van der Waals surface area contributed by atoms with Gasteiger partial charge < -0.3 is 15.0 Å². The standard InChI is InChI=1S/C25H33ClN2O3/c1-17(2)15-27-25(30)20(5)28(12-11-21-9-7-6-8-10-21)23(29)16-31-22-13-18(3)24(26)19(4)14-22/h6-10,13-14,17,20H,11-12,15-16H2,1-5H3,(H,27,30). The Morgan fingerprint density at radius 1 is 1.06 bits per heavy atom. The second-order valence-corrected chi connectivity index (χ2v) is 8.68. The Labute approximate surface area is 190 Å². The van der Waals surface area contributed by atoms with Crippen LogP contribution in [0.25, 0.3) is 0 Å². The maximum atomic E-state index is 13.1. The van der Waals surface area contributed by atoms with Crippen molar-refractivity contribution in [3.8, 4) is 5.75 Å². The molecule has 5 nitrogen and oxygen atoms in total. The molecular weight excluding hydrogens is 412 g/mol. The van der Waals surface area contributed by atoms with E-state index in [1.54, 1.807) is 11.8 Å². The summed E-state index contributed by atoms with van der Waals surface area (Å²) in [5, 5.41) is 3.62. The molecule has 1 unspecified atom stereocenters. The Morgan fingerprint density at radius 3 is 2.26 bits per heavy atom. The van der Waals surface area contributed by atoms with Crippen molar-refractivity contribution in [1.29, 1.82) is 0 Å². The van der Waals surface area contributed by atoms with Crippen LogP contribution in [-0.4, -0.2) is 42.5 Å². The summed E-state index contributed by atoms with van der Waals surface area (Å²) in [6.45, 7) is 10.5. The summed E-state index contributed by atoms with van der Waals surface area (Å²) >= 11 is 6.22. The van der Waals surface area contributed by atoms with E-state index in [-0.39, 0.29) is 18.4 Å².